The molecule has 1 aromatic rings. The molecular formula is C9H13NO3. The predicted molar refractivity (Wildman–Crippen MR) is 48.5 cm³/mol. The van der Waals surface area contributed by atoms with Crippen LogP contribution in [0, 0.1) is 0 Å². The van der Waals surface area contributed by atoms with Crippen molar-refractivity contribution >= 4 is 0 Å². The van der Waals surface area contributed by atoms with Gasteiger partial charge in [0.2, 0.25) is 0 Å². The maximum absolute atomic E-state index is 5.11. The van der Waals surface area contributed by atoms with Gasteiger partial charge in [0.15, 0.2) is 0 Å². The first-order valence-electron chi connectivity index (χ1n) is 3.84. The van der Waals surface area contributed by atoms with Crippen LogP contribution in [0.4, 0.5) is 0 Å². The third-order valence-corrected chi connectivity index (χ3v) is 1.73. The summed E-state index contributed by atoms with van der Waals surface area (Å²) in [6.07, 6.45) is 0. The zero-order valence-electron chi connectivity index (χ0n) is 7.74. The van der Waals surface area contributed by atoms with Crippen LogP contribution in [0.15, 0.2) is 18.2 Å². The van der Waals surface area contributed by atoms with Gasteiger partial charge in [0.25, 0.3) is 0 Å². The molecule has 4 nitrogen and oxygen atoms in total. The molecule has 0 saturated carbocycles. The van der Waals surface area contributed by atoms with Crippen LogP contribution in [0.2, 0.25) is 0 Å². The second-order valence-corrected chi connectivity index (χ2v) is 2.49. The second-order valence-electron chi connectivity index (χ2n) is 2.49. The zero-order chi connectivity index (χ0) is 9.68. The van der Waals surface area contributed by atoms with Gasteiger partial charge < -0.3 is 9.47 Å². The van der Waals surface area contributed by atoms with E-state index in [1.807, 2.05) is 18.2 Å². The van der Waals surface area contributed by atoms with E-state index in [1.54, 1.807) is 14.2 Å². The summed E-state index contributed by atoms with van der Waals surface area (Å²) < 4.78 is 10.2. The Hall–Kier alpha value is -1.26. The molecule has 4 heteroatoms. The summed E-state index contributed by atoms with van der Waals surface area (Å²) in [6, 6.07) is 5.46. The summed E-state index contributed by atoms with van der Waals surface area (Å²) >= 11 is 0. The molecule has 0 unspecified atom stereocenters. The number of hydrogen-bond acceptors (Lipinski definition) is 4. The fourth-order valence-electron chi connectivity index (χ4n) is 1.08. The van der Waals surface area contributed by atoms with Gasteiger partial charge in [-0.2, -0.15) is 0 Å². The molecule has 0 atom stereocenters. The van der Waals surface area contributed by atoms with E-state index in [1.165, 1.54) is 0 Å². The molecule has 0 radical (unpaired) electrons. The minimum absolute atomic E-state index is 0.306. The van der Waals surface area contributed by atoms with E-state index in [0.717, 1.165) is 17.1 Å². The lowest BCUT2D eigenvalue weighted by molar-refractivity contribution is 0.122. The minimum Gasteiger partial charge on any atom is -0.497 e. The van der Waals surface area contributed by atoms with E-state index in [2.05, 4.69) is 4.84 Å². The fraction of sp³-hybridized carbons (Fsp3) is 0.333. The molecule has 0 heterocycles. The van der Waals surface area contributed by atoms with E-state index in [4.69, 9.17) is 15.4 Å². The lowest BCUT2D eigenvalue weighted by Crippen LogP contribution is -2.01. The molecule has 0 bridgehead atoms. The van der Waals surface area contributed by atoms with Crippen molar-refractivity contribution in [3.63, 3.8) is 0 Å². The first-order valence-corrected chi connectivity index (χ1v) is 3.84. The van der Waals surface area contributed by atoms with Crippen molar-refractivity contribution in [1.29, 1.82) is 0 Å². The van der Waals surface area contributed by atoms with Gasteiger partial charge >= 0.3 is 0 Å². The topological polar surface area (TPSA) is 53.7 Å². The minimum atomic E-state index is 0.306. The largest absolute Gasteiger partial charge is 0.497 e. The molecule has 0 saturated heterocycles. The molecule has 0 aliphatic heterocycles. The van der Waals surface area contributed by atoms with Crippen molar-refractivity contribution in [2.45, 2.75) is 6.61 Å². The Balaban J connectivity index is 2.95. The van der Waals surface area contributed by atoms with Gasteiger partial charge in [-0.25, -0.2) is 5.90 Å². The van der Waals surface area contributed by atoms with Gasteiger partial charge in [0.1, 0.15) is 11.5 Å². The molecule has 0 spiro atoms. The van der Waals surface area contributed by atoms with Crippen molar-refractivity contribution < 1.29 is 14.3 Å². The summed E-state index contributed by atoms with van der Waals surface area (Å²) in [6.45, 7) is 0.306. The third kappa shape index (κ3) is 2.34. The zero-order valence-corrected chi connectivity index (χ0v) is 7.74. The van der Waals surface area contributed by atoms with Gasteiger partial charge in [-0.3, -0.25) is 4.84 Å². The smallest absolute Gasteiger partial charge is 0.124 e. The van der Waals surface area contributed by atoms with Gasteiger partial charge in [-0.05, 0) is 18.2 Å². The van der Waals surface area contributed by atoms with E-state index in [9.17, 15) is 0 Å². The number of ether oxygens (including phenoxy) is 2. The molecule has 0 amide bonds. The van der Waals surface area contributed by atoms with Crippen molar-refractivity contribution in [2.24, 2.45) is 5.90 Å². The molecule has 1 rings (SSSR count). The Labute approximate surface area is 77.2 Å². The molecule has 13 heavy (non-hydrogen) atoms. The monoisotopic (exact) mass is 183 g/mol. The van der Waals surface area contributed by atoms with Crippen LogP contribution < -0.4 is 15.4 Å². The molecule has 1 aromatic carbocycles. The highest BCUT2D eigenvalue weighted by atomic mass is 16.6. The summed E-state index contributed by atoms with van der Waals surface area (Å²) in [4.78, 5) is 4.53. The standard InChI is InChI=1S/C9H13NO3/c1-11-8-3-4-9(12-2)7(5-8)6-13-10/h3-5H,6,10H2,1-2H3. The van der Waals surface area contributed by atoms with E-state index in [-0.39, 0.29) is 0 Å². The number of hydrogen-bond donors (Lipinski definition) is 1. The first kappa shape index (κ1) is 9.83. The summed E-state index contributed by atoms with van der Waals surface area (Å²) in [5, 5.41) is 0. The Morgan fingerprint density at radius 3 is 2.54 bits per heavy atom. The SMILES string of the molecule is COc1ccc(OC)c(CON)c1. The van der Waals surface area contributed by atoms with Crippen LogP contribution >= 0.6 is 0 Å². The predicted octanol–water partition coefficient (Wildman–Crippen LogP) is 1.09. The number of rotatable bonds is 4. The van der Waals surface area contributed by atoms with Gasteiger partial charge in [0, 0.05) is 5.56 Å². The van der Waals surface area contributed by atoms with Crippen LogP contribution in [0.1, 0.15) is 5.56 Å². The van der Waals surface area contributed by atoms with Gasteiger partial charge in [0.05, 0.1) is 20.8 Å². The number of methoxy groups -OCH3 is 2. The Morgan fingerprint density at radius 2 is 2.00 bits per heavy atom. The van der Waals surface area contributed by atoms with Crippen molar-refractivity contribution in [1.82, 2.24) is 0 Å². The number of nitrogens with two attached hydrogens (primary N) is 1. The fourth-order valence-corrected chi connectivity index (χ4v) is 1.08. The maximum atomic E-state index is 5.11. The second kappa shape index (κ2) is 4.69. The van der Waals surface area contributed by atoms with Crippen molar-refractivity contribution in [3.8, 4) is 11.5 Å². The van der Waals surface area contributed by atoms with Crippen LogP contribution in [0.5, 0.6) is 11.5 Å². The lowest BCUT2D eigenvalue weighted by atomic mass is 10.2. The average Bonchev–Trinajstić information content (AvgIpc) is 2.18. The highest BCUT2D eigenvalue weighted by molar-refractivity contribution is 5.39. The highest BCUT2D eigenvalue weighted by Gasteiger charge is 2.03. The summed E-state index contributed by atoms with van der Waals surface area (Å²) in [5.74, 6) is 6.48. The molecule has 72 valence electrons. The van der Waals surface area contributed by atoms with Crippen LogP contribution in [-0.4, -0.2) is 14.2 Å². The Bertz CT molecular complexity index is 276. The normalized spacial score (nSPS) is 9.77. The molecule has 2 N–H and O–H groups in total. The quantitative estimate of drug-likeness (QED) is 0.710. The molecule has 0 aliphatic carbocycles. The Morgan fingerprint density at radius 1 is 1.23 bits per heavy atom. The van der Waals surface area contributed by atoms with E-state index in [0.29, 0.717) is 6.61 Å². The summed E-state index contributed by atoms with van der Waals surface area (Å²) in [7, 11) is 3.21. The van der Waals surface area contributed by atoms with Gasteiger partial charge in [-0.15, -0.1) is 0 Å². The van der Waals surface area contributed by atoms with Crippen LogP contribution in [0.3, 0.4) is 0 Å². The molecule has 0 aromatic heterocycles. The van der Waals surface area contributed by atoms with Gasteiger partial charge in [-0.1, -0.05) is 0 Å². The average molecular weight is 183 g/mol. The Kier molecular flexibility index (Phi) is 3.54. The summed E-state index contributed by atoms with van der Waals surface area (Å²) in [5.41, 5.74) is 0.865. The van der Waals surface area contributed by atoms with Crippen molar-refractivity contribution in [3.05, 3.63) is 23.8 Å². The van der Waals surface area contributed by atoms with Crippen LogP contribution in [-0.2, 0) is 11.4 Å². The third-order valence-electron chi connectivity index (χ3n) is 1.73. The van der Waals surface area contributed by atoms with E-state index >= 15 is 0 Å². The maximum Gasteiger partial charge on any atom is 0.124 e. The lowest BCUT2D eigenvalue weighted by Gasteiger charge is -2.08. The molecule has 0 aliphatic rings. The molecular weight excluding hydrogens is 170 g/mol. The number of benzene rings is 1. The highest BCUT2D eigenvalue weighted by Crippen LogP contribution is 2.23. The van der Waals surface area contributed by atoms with E-state index < -0.39 is 0 Å². The van der Waals surface area contributed by atoms with Crippen molar-refractivity contribution in [2.75, 3.05) is 14.2 Å². The first-order chi connectivity index (χ1) is 6.31. The van der Waals surface area contributed by atoms with Crippen LogP contribution in [0.25, 0.3) is 0 Å². The molecule has 0 fully saturated rings.